The third-order valence-electron chi connectivity index (χ3n) is 9.37. The summed E-state index contributed by atoms with van der Waals surface area (Å²) in [5.74, 6) is 0. The quantitative estimate of drug-likeness (QED) is 0.126. The molecule has 10 atom stereocenters. The fraction of sp³-hybridized carbons (Fsp3) is 0.438. The molecule has 12 nitrogen and oxygen atoms in total. The van der Waals surface area contributed by atoms with Crippen molar-refractivity contribution in [3.63, 3.8) is 0 Å². The van der Waals surface area contributed by atoms with Gasteiger partial charge in [-0.2, -0.15) is 0 Å². The van der Waals surface area contributed by atoms with Gasteiger partial charge in [-0.15, -0.1) is 0 Å². The minimum absolute atomic E-state index is 0.139. The van der Waals surface area contributed by atoms with Gasteiger partial charge in [-0.25, -0.2) is 0 Å². The highest BCUT2D eigenvalue weighted by molar-refractivity contribution is 6.17. The van der Waals surface area contributed by atoms with Gasteiger partial charge in [0.05, 0.1) is 26.3 Å². The van der Waals surface area contributed by atoms with E-state index in [1.807, 2.05) is 69.8 Å². The molecule has 0 aliphatic carbocycles. The molecule has 44 heavy (non-hydrogen) atoms. The Morgan fingerprint density at radius 2 is 0.818 bits per heavy atom. The van der Waals surface area contributed by atoms with Crippen molar-refractivity contribution in [3.8, 4) is 0 Å². The van der Waals surface area contributed by atoms with E-state index in [1.165, 1.54) is 0 Å². The highest BCUT2D eigenvalue weighted by atomic mass is 16.6. The zero-order valence-corrected chi connectivity index (χ0v) is 23.7. The summed E-state index contributed by atoms with van der Waals surface area (Å²) in [6.45, 7) is -0.743. The lowest BCUT2D eigenvalue weighted by Crippen LogP contribution is -2.59. The largest absolute Gasteiger partial charge is 0.394 e. The first-order valence-corrected chi connectivity index (χ1v) is 14.8. The molecule has 0 saturated carbocycles. The molecule has 5 aromatic rings. The van der Waals surface area contributed by atoms with Crippen molar-refractivity contribution in [1.29, 1.82) is 0 Å². The van der Waals surface area contributed by atoms with Crippen molar-refractivity contribution in [2.45, 2.75) is 74.1 Å². The molecule has 0 spiro atoms. The highest BCUT2D eigenvalue weighted by Crippen LogP contribution is 2.38. The molecule has 0 amide bonds. The molecule has 4 heterocycles. The standard InChI is InChI=1S/C32H36N2O10/c35-13-25-29(39)31(41)27(37)23(43-25)11-33-19-7-3-1-5-15(19)17-9-22-18(10-21(17)33)16-6-2-4-8-20(16)34(22)12-24-28(38)32(42)30(40)26(14-36)44-24/h1-10,23-32,35-42H,11-14H2/t23-,24-,25+,26+,27-,28-,29+,30+,31+,32+/m0/s1. The number of ether oxygens (including phenoxy) is 2. The summed E-state index contributed by atoms with van der Waals surface area (Å²) in [7, 11) is 0. The Kier molecular flexibility index (Phi) is 7.62. The third-order valence-corrected chi connectivity index (χ3v) is 9.37. The maximum absolute atomic E-state index is 10.8. The van der Waals surface area contributed by atoms with Crippen LogP contribution in [0.25, 0.3) is 43.6 Å². The second kappa shape index (κ2) is 11.3. The molecule has 8 N–H and O–H groups in total. The van der Waals surface area contributed by atoms with Crippen LogP contribution in [0.2, 0.25) is 0 Å². The Labute approximate surface area is 251 Å². The monoisotopic (exact) mass is 608 g/mol. The van der Waals surface area contributed by atoms with Gasteiger partial charge in [0.15, 0.2) is 0 Å². The van der Waals surface area contributed by atoms with E-state index in [4.69, 9.17) is 9.47 Å². The van der Waals surface area contributed by atoms with Gasteiger partial charge in [0.2, 0.25) is 0 Å². The maximum Gasteiger partial charge on any atom is 0.111 e. The third kappa shape index (κ3) is 4.53. The highest BCUT2D eigenvalue weighted by Gasteiger charge is 2.45. The van der Waals surface area contributed by atoms with Gasteiger partial charge in [-0.3, -0.25) is 0 Å². The Balaban J connectivity index is 1.38. The van der Waals surface area contributed by atoms with Crippen LogP contribution in [-0.2, 0) is 22.6 Å². The lowest BCUT2D eigenvalue weighted by molar-refractivity contribution is -0.231. The fourth-order valence-electron chi connectivity index (χ4n) is 7.00. The van der Waals surface area contributed by atoms with Crippen LogP contribution in [0.4, 0.5) is 0 Å². The van der Waals surface area contributed by atoms with Gasteiger partial charge < -0.3 is 59.5 Å². The molecule has 0 bridgehead atoms. The number of fused-ring (bicyclic) bond motifs is 6. The van der Waals surface area contributed by atoms with Gasteiger partial charge in [-0.1, -0.05) is 36.4 Å². The first-order chi connectivity index (χ1) is 21.2. The summed E-state index contributed by atoms with van der Waals surface area (Å²) in [5.41, 5.74) is 3.40. The van der Waals surface area contributed by atoms with Crippen LogP contribution in [0, 0.1) is 0 Å². The summed E-state index contributed by atoms with van der Waals surface area (Å²) < 4.78 is 15.7. The lowest BCUT2D eigenvalue weighted by atomic mass is 9.95. The first kappa shape index (κ1) is 29.6. The first-order valence-electron chi connectivity index (χ1n) is 14.8. The van der Waals surface area contributed by atoms with Crippen molar-refractivity contribution >= 4 is 43.6 Å². The van der Waals surface area contributed by atoms with Crippen LogP contribution in [0.3, 0.4) is 0 Å². The predicted octanol–water partition coefficient (Wildman–Crippen LogP) is -0.413. The van der Waals surface area contributed by atoms with E-state index in [1.54, 1.807) is 0 Å². The Morgan fingerprint density at radius 3 is 1.20 bits per heavy atom. The lowest BCUT2D eigenvalue weighted by Gasteiger charge is -2.40. The smallest absolute Gasteiger partial charge is 0.111 e. The molecule has 2 aliphatic heterocycles. The number of benzene rings is 3. The molecule has 0 unspecified atom stereocenters. The molecule has 234 valence electrons. The van der Waals surface area contributed by atoms with E-state index in [2.05, 4.69) is 0 Å². The van der Waals surface area contributed by atoms with E-state index in [9.17, 15) is 40.9 Å². The predicted molar refractivity (Wildman–Crippen MR) is 160 cm³/mol. The zero-order valence-electron chi connectivity index (χ0n) is 23.7. The maximum atomic E-state index is 10.8. The van der Waals surface area contributed by atoms with E-state index < -0.39 is 74.3 Å². The topological polar surface area (TPSA) is 190 Å². The van der Waals surface area contributed by atoms with Crippen LogP contribution < -0.4 is 0 Å². The van der Waals surface area contributed by atoms with Gasteiger partial charge in [0, 0.05) is 43.6 Å². The van der Waals surface area contributed by atoms with Gasteiger partial charge in [0.25, 0.3) is 0 Å². The van der Waals surface area contributed by atoms with E-state index >= 15 is 0 Å². The molecule has 12 heteroatoms. The number of nitrogens with zero attached hydrogens (tertiary/aromatic N) is 2. The van der Waals surface area contributed by atoms with Crippen LogP contribution >= 0.6 is 0 Å². The molecule has 7 rings (SSSR count). The normalized spacial score (nSPS) is 33.2. The van der Waals surface area contributed by atoms with Crippen molar-refractivity contribution in [2.75, 3.05) is 13.2 Å². The minimum atomic E-state index is -1.48. The summed E-state index contributed by atoms with van der Waals surface area (Å²) in [6.07, 6.45) is -12.5. The zero-order chi connectivity index (χ0) is 30.9. The molecular weight excluding hydrogens is 572 g/mol. The number of aliphatic hydroxyl groups is 8. The molecule has 2 aromatic heterocycles. The summed E-state index contributed by atoms with van der Waals surface area (Å²) in [4.78, 5) is 0. The molecule has 2 saturated heterocycles. The van der Waals surface area contributed by atoms with Crippen molar-refractivity contribution in [2.24, 2.45) is 0 Å². The minimum Gasteiger partial charge on any atom is -0.394 e. The number of hydrogen-bond donors (Lipinski definition) is 8. The van der Waals surface area contributed by atoms with E-state index in [-0.39, 0.29) is 13.1 Å². The SMILES string of the molecule is OC[C@H]1O[C@@H](Cn2c3ccccc3c3cc4c(cc32)c2ccccc2n4C[C@@H]2O[C@H](CO)[C@@H](O)[C@H](O)[C@H]2O)[C@H](O)[C@@H](O)[C@@H]1O. The van der Waals surface area contributed by atoms with Crippen LogP contribution in [0.5, 0.6) is 0 Å². The van der Waals surface area contributed by atoms with Gasteiger partial charge >= 0.3 is 0 Å². The number of para-hydroxylation sites is 2. The summed E-state index contributed by atoms with van der Waals surface area (Å²) in [5, 5.41) is 86.1. The Hall–Kier alpha value is -3.14. The summed E-state index contributed by atoms with van der Waals surface area (Å²) >= 11 is 0. The van der Waals surface area contributed by atoms with Crippen LogP contribution in [0.15, 0.2) is 60.7 Å². The second-order valence-electron chi connectivity index (χ2n) is 11.9. The van der Waals surface area contributed by atoms with E-state index in [0.717, 1.165) is 43.6 Å². The van der Waals surface area contributed by atoms with Crippen LogP contribution in [0.1, 0.15) is 0 Å². The average molecular weight is 609 g/mol. The average Bonchev–Trinajstić information content (AvgIpc) is 3.52. The molecular formula is C32H36N2O10. The van der Waals surface area contributed by atoms with Crippen molar-refractivity contribution < 1.29 is 50.3 Å². The van der Waals surface area contributed by atoms with Crippen molar-refractivity contribution in [1.82, 2.24) is 9.13 Å². The van der Waals surface area contributed by atoms with Crippen LogP contribution in [-0.4, -0.2) is 124 Å². The second-order valence-corrected chi connectivity index (χ2v) is 11.9. The van der Waals surface area contributed by atoms with Gasteiger partial charge in [-0.05, 0) is 24.3 Å². The number of aliphatic hydroxyl groups excluding tert-OH is 8. The Bertz CT molecular complexity index is 1680. The van der Waals surface area contributed by atoms with E-state index in [0.29, 0.717) is 0 Å². The number of aromatic nitrogens is 2. The molecule has 3 aromatic carbocycles. The molecule has 0 radical (unpaired) electrons. The Morgan fingerprint density at radius 1 is 0.455 bits per heavy atom. The fourth-order valence-corrected chi connectivity index (χ4v) is 7.00. The number of rotatable bonds is 6. The summed E-state index contributed by atoms with van der Waals surface area (Å²) in [6, 6.07) is 19.6. The van der Waals surface area contributed by atoms with Crippen molar-refractivity contribution in [3.05, 3.63) is 60.7 Å². The van der Waals surface area contributed by atoms with Gasteiger partial charge in [0.1, 0.15) is 61.0 Å². The number of hydrogen-bond acceptors (Lipinski definition) is 10. The molecule has 2 fully saturated rings. The molecule has 2 aliphatic rings.